The van der Waals surface area contributed by atoms with Crippen molar-refractivity contribution >= 4 is 17.6 Å². The number of halogens is 1. The van der Waals surface area contributed by atoms with E-state index in [1.165, 1.54) is 6.20 Å². The largest absolute Gasteiger partial charge is 0.359 e. The Morgan fingerprint density at radius 2 is 2.22 bits per heavy atom. The van der Waals surface area contributed by atoms with Crippen molar-refractivity contribution in [3.8, 4) is 6.07 Å². The summed E-state index contributed by atoms with van der Waals surface area (Å²) in [6.07, 6.45) is 1.55. The lowest BCUT2D eigenvalue weighted by atomic mass is 10.1. The molecule has 7 nitrogen and oxygen atoms in total. The van der Waals surface area contributed by atoms with Crippen molar-refractivity contribution in [1.29, 1.82) is 5.26 Å². The van der Waals surface area contributed by atoms with E-state index in [9.17, 15) is 14.0 Å². The number of amides is 2. The maximum atomic E-state index is 13.9. The van der Waals surface area contributed by atoms with Crippen molar-refractivity contribution in [2.45, 2.75) is 12.5 Å². The van der Waals surface area contributed by atoms with Crippen molar-refractivity contribution in [3.63, 3.8) is 0 Å². The Bertz CT molecular complexity index is 696. The normalized spacial score (nSPS) is 21.1. The van der Waals surface area contributed by atoms with Gasteiger partial charge in [-0.3, -0.25) is 9.59 Å². The number of pyridine rings is 1. The van der Waals surface area contributed by atoms with E-state index in [1.807, 2.05) is 6.07 Å². The lowest BCUT2D eigenvalue weighted by Gasteiger charge is -2.44. The first-order valence-electron chi connectivity index (χ1n) is 7.35. The van der Waals surface area contributed by atoms with Crippen molar-refractivity contribution in [2.75, 3.05) is 31.6 Å². The van der Waals surface area contributed by atoms with Crippen molar-refractivity contribution in [2.24, 2.45) is 5.92 Å². The summed E-state index contributed by atoms with van der Waals surface area (Å²) >= 11 is 0. The third-order valence-electron chi connectivity index (χ3n) is 4.33. The maximum Gasteiger partial charge on any atom is 0.225 e. The zero-order chi connectivity index (χ0) is 16.6. The molecule has 0 bridgehead atoms. The molecule has 8 heteroatoms. The molecule has 0 aliphatic carbocycles. The summed E-state index contributed by atoms with van der Waals surface area (Å²) in [5.74, 6) is -0.840. The van der Waals surface area contributed by atoms with Gasteiger partial charge >= 0.3 is 0 Å². The Hall–Kier alpha value is -2.69. The Balaban J connectivity index is 1.62. The van der Waals surface area contributed by atoms with Crippen LogP contribution >= 0.6 is 0 Å². The Labute approximate surface area is 132 Å². The van der Waals surface area contributed by atoms with Crippen LogP contribution in [0.2, 0.25) is 0 Å². The highest BCUT2D eigenvalue weighted by Gasteiger charge is 2.42. The molecule has 1 aromatic heterocycles. The number of nitrogens with one attached hydrogen (secondary N) is 1. The van der Waals surface area contributed by atoms with E-state index in [1.54, 1.807) is 16.8 Å². The number of likely N-dealkylation sites (tertiary alicyclic amines) is 1. The first-order valence-corrected chi connectivity index (χ1v) is 7.35. The molecule has 2 aliphatic rings. The third-order valence-corrected chi connectivity index (χ3v) is 4.33. The number of hydrogen-bond acceptors (Lipinski definition) is 5. The molecule has 0 aromatic carbocycles. The zero-order valence-corrected chi connectivity index (χ0v) is 12.6. The molecule has 0 saturated carbocycles. The molecule has 1 atom stereocenters. The quantitative estimate of drug-likeness (QED) is 0.839. The topological polar surface area (TPSA) is 89.3 Å². The summed E-state index contributed by atoms with van der Waals surface area (Å²) in [5, 5.41) is 11.3. The molecule has 2 fully saturated rings. The smallest absolute Gasteiger partial charge is 0.225 e. The molecular formula is C15H16FN5O2. The van der Waals surface area contributed by atoms with Crippen LogP contribution in [-0.2, 0) is 9.59 Å². The molecule has 0 spiro atoms. The van der Waals surface area contributed by atoms with Crippen LogP contribution in [0.5, 0.6) is 0 Å². The van der Waals surface area contributed by atoms with Crippen molar-refractivity contribution < 1.29 is 14.0 Å². The molecule has 1 N–H and O–H groups in total. The van der Waals surface area contributed by atoms with Gasteiger partial charge in [-0.25, -0.2) is 9.37 Å². The highest BCUT2D eigenvalue weighted by atomic mass is 19.1. The average Bonchev–Trinajstić information content (AvgIpc) is 2.88. The molecule has 120 valence electrons. The van der Waals surface area contributed by atoms with E-state index < -0.39 is 5.82 Å². The first-order chi connectivity index (χ1) is 11.0. The average molecular weight is 317 g/mol. The van der Waals surface area contributed by atoms with Gasteiger partial charge in [0, 0.05) is 39.3 Å². The lowest BCUT2D eigenvalue weighted by molar-refractivity contribution is -0.130. The highest BCUT2D eigenvalue weighted by Crippen LogP contribution is 2.29. The van der Waals surface area contributed by atoms with Gasteiger partial charge in [-0.05, 0) is 6.07 Å². The molecule has 23 heavy (non-hydrogen) atoms. The number of hydrogen-bond donors (Lipinski definition) is 1. The Morgan fingerprint density at radius 3 is 2.83 bits per heavy atom. The number of anilines is 1. The number of carbonyl (C=O) groups is 2. The summed E-state index contributed by atoms with van der Waals surface area (Å²) in [6, 6.07) is 2.96. The third kappa shape index (κ3) is 2.70. The number of nitrogens with zero attached hydrogens (tertiary/aromatic N) is 4. The second-order valence-electron chi connectivity index (χ2n) is 5.76. The number of aromatic nitrogens is 1. The van der Waals surface area contributed by atoms with E-state index in [-0.39, 0.29) is 41.6 Å². The van der Waals surface area contributed by atoms with Gasteiger partial charge in [-0.2, -0.15) is 5.26 Å². The van der Waals surface area contributed by atoms with Gasteiger partial charge in [0.05, 0.1) is 17.5 Å². The summed E-state index contributed by atoms with van der Waals surface area (Å²) in [7, 11) is 1.56. The van der Waals surface area contributed by atoms with Gasteiger partial charge in [0.25, 0.3) is 0 Å². The fraction of sp³-hybridized carbons (Fsp3) is 0.467. The summed E-state index contributed by atoms with van der Waals surface area (Å²) in [5.41, 5.74) is 0.173. The molecule has 3 rings (SSSR count). The molecule has 2 aliphatic heterocycles. The minimum atomic E-state index is -0.543. The van der Waals surface area contributed by atoms with Crippen molar-refractivity contribution in [3.05, 3.63) is 23.6 Å². The molecule has 3 heterocycles. The van der Waals surface area contributed by atoms with Crippen LogP contribution in [-0.4, -0.2) is 54.4 Å². The van der Waals surface area contributed by atoms with Crippen LogP contribution in [0.4, 0.5) is 10.2 Å². The van der Waals surface area contributed by atoms with Gasteiger partial charge < -0.3 is 15.1 Å². The van der Waals surface area contributed by atoms with Crippen LogP contribution in [0, 0.1) is 23.1 Å². The molecule has 1 unspecified atom stereocenters. The Kier molecular flexibility index (Phi) is 3.86. The van der Waals surface area contributed by atoms with Gasteiger partial charge in [0.2, 0.25) is 11.8 Å². The van der Waals surface area contributed by atoms with Crippen LogP contribution < -0.4 is 10.2 Å². The Morgan fingerprint density at radius 1 is 1.48 bits per heavy atom. The number of carbonyl (C=O) groups excluding carboxylic acids is 2. The summed E-state index contributed by atoms with van der Waals surface area (Å²) in [6.45, 7) is 1.35. The maximum absolute atomic E-state index is 13.9. The van der Waals surface area contributed by atoms with Crippen LogP contribution in [0.3, 0.4) is 0 Å². The number of rotatable bonds is 3. The standard InChI is InChI=1S/C15H16FN5O2/c1-18-15(23)10-3-13(22)21(6-10)11-7-20(8-11)14-12(16)2-9(4-17)5-19-14/h2,5,10-11H,3,6-8H2,1H3,(H,18,23). The SMILES string of the molecule is CNC(=O)C1CC(=O)N(C2CN(c3ncc(C#N)cc3F)C2)C1. The zero-order valence-electron chi connectivity index (χ0n) is 12.6. The summed E-state index contributed by atoms with van der Waals surface area (Å²) < 4.78 is 13.9. The minimum absolute atomic E-state index is 0.0333. The second kappa shape index (κ2) is 5.83. The van der Waals surface area contributed by atoms with Crippen LogP contribution in [0.1, 0.15) is 12.0 Å². The minimum Gasteiger partial charge on any atom is -0.359 e. The van der Waals surface area contributed by atoms with Gasteiger partial charge in [0.1, 0.15) is 6.07 Å². The van der Waals surface area contributed by atoms with E-state index in [0.29, 0.717) is 19.6 Å². The van der Waals surface area contributed by atoms with Crippen LogP contribution in [0.15, 0.2) is 12.3 Å². The highest BCUT2D eigenvalue weighted by molar-refractivity contribution is 5.89. The predicted molar refractivity (Wildman–Crippen MR) is 78.8 cm³/mol. The fourth-order valence-electron chi connectivity index (χ4n) is 3.01. The second-order valence-corrected chi connectivity index (χ2v) is 5.76. The van der Waals surface area contributed by atoms with E-state index in [2.05, 4.69) is 10.3 Å². The van der Waals surface area contributed by atoms with Gasteiger partial charge in [-0.1, -0.05) is 0 Å². The first kappa shape index (κ1) is 15.2. The van der Waals surface area contributed by atoms with Gasteiger partial charge in [0.15, 0.2) is 11.6 Å². The molecule has 2 saturated heterocycles. The monoisotopic (exact) mass is 317 g/mol. The molecule has 1 aromatic rings. The predicted octanol–water partition coefficient (Wildman–Crippen LogP) is -0.125. The van der Waals surface area contributed by atoms with E-state index in [0.717, 1.165) is 6.07 Å². The fourth-order valence-corrected chi connectivity index (χ4v) is 3.01. The molecule has 2 amide bonds. The number of nitriles is 1. The van der Waals surface area contributed by atoms with E-state index in [4.69, 9.17) is 5.26 Å². The van der Waals surface area contributed by atoms with Crippen LogP contribution in [0.25, 0.3) is 0 Å². The lowest BCUT2D eigenvalue weighted by Crippen LogP contribution is -2.60. The van der Waals surface area contributed by atoms with Gasteiger partial charge in [-0.15, -0.1) is 0 Å². The van der Waals surface area contributed by atoms with Crippen molar-refractivity contribution in [1.82, 2.24) is 15.2 Å². The molecular weight excluding hydrogens is 301 g/mol. The summed E-state index contributed by atoms with van der Waals surface area (Å²) in [4.78, 5) is 31.1. The molecule has 0 radical (unpaired) electrons. The van der Waals surface area contributed by atoms with E-state index >= 15 is 0 Å².